The fraction of sp³-hybridized carbons (Fsp3) is 0.375. The smallest absolute Gasteiger partial charge is 0.408 e. The van der Waals surface area contributed by atoms with Gasteiger partial charge in [0.25, 0.3) is 0 Å². The Labute approximate surface area is 129 Å². The molecule has 0 saturated carbocycles. The lowest BCUT2D eigenvalue weighted by atomic mass is 10.0. The number of hydrogen-bond acceptors (Lipinski definition) is 3. The van der Waals surface area contributed by atoms with Crippen LogP contribution in [0.5, 0.6) is 0 Å². The average molecular weight is 308 g/mol. The van der Waals surface area contributed by atoms with Gasteiger partial charge in [-0.05, 0) is 44.4 Å². The molecule has 0 radical (unpaired) electrons. The number of alkyl carbamates (subject to hydrolysis) is 1. The van der Waals surface area contributed by atoms with E-state index in [0.29, 0.717) is 5.02 Å². The minimum absolute atomic E-state index is 0.253. The maximum Gasteiger partial charge on any atom is 0.408 e. The largest absolute Gasteiger partial charge is 0.444 e. The van der Waals surface area contributed by atoms with E-state index in [1.54, 1.807) is 45.0 Å². The van der Waals surface area contributed by atoms with Crippen molar-refractivity contribution in [3.63, 3.8) is 0 Å². The quantitative estimate of drug-likeness (QED) is 0.687. The predicted octanol–water partition coefficient (Wildman–Crippen LogP) is 2.98. The van der Waals surface area contributed by atoms with Gasteiger partial charge in [0.05, 0.1) is 0 Å². The van der Waals surface area contributed by atoms with Crippen LogP contribution in [0, 0.1) is 12.3 Å². The Morgan fingerprint density at radius 3 is 2.62 bits per heavy atom. The molecule has 0 aliphatic rings. The number of rotatable bonds is 4. The zero-order chi connectivity index (χ0) is 16.0. The van der Waals surface area contributed by atoms with Gasteiger partial charge >= 0.3 is 6.09 Å². The van der Waals surface area contributed by atoms with Gasteiger partial charge in [0, 0.05) is 11.4 Å². The Bertz CT molecular complexity index is 570. The second kappa shape index (κ2) is 7.14. The molecule has 0 aliphatic carbocycles. The van der Waals surface area contributed by atoms with E-state index in [-0.39, 0.29) is 6.42 Å². The third-order valence-electron chi connectivity index (χ3n) is 2.48. The van der Waals surface area contributed by atoms with Gasteiger partial charge in [0.1, 0.15) is 11.6 Å². The van der Waals surface area contributed by atoms with Crippen molar-refractivity contribution in [1.29, 1.82) is 0 Å². The lowest BCUT2D eigenvalue weighted by Gasteiger charge is -2.22. The van der Waals surface area contributed by atoms with Crippen LogP contribution >= 0.6 is 11.6 Å². The number of ketones is 1. The molecule has 1 amide bonds. The van der Waals surface area contributed by atoms with Gasteiger partial charge in [0.15, 0.2) is 0 Å². The predicted molar refractivity (Wildman–Crippen MR) is 82.2 cm³/mol. The molecule has 112 valence electrons. The van der Waals surface area contributed by atoms with Crippen molar-refractivity contribution in [1.82, 2.24) is 5.32 Å². The number of terminal acetylenes is 1. The summed E-state index contributed by atoms with van der Waals surface area (Å²) in [6.07, 6.45) is 4.71. The van der Waals surface area contributed by atoms with Gasteiger partial charge in [-0.3, -0.25) is 4.79 Å². The summed E-state index contributed by atoms with van der Waals surface area (Å²) >= 11 is 5.90. The van der Waals surface area contributed by atoms with E-state index in [1.165, 1.54) is 0 Å². The lowest BCUT2D eigenvalue weighted by molar-refractivity contribution is -0.115. The molecule has 21 heavy (non-hydrogen) atoms. The first-order valence-electron chi connectivity index (χ1n) is 6.45. The van der Waals surface area contributed by atoms with Crippen molar-refractivity contribution in [3.8, 4) is 12.3 Å². The van der Waals surface area contributed by atoms with Gasteiger partial charge in [-0.15, -0.1) is 6.42 Å². The number of carbonyl (C=O) groups is 2. The minimum atomic E-state index is -0.844. The molecule has 4 nitrogen and oxygen atoms in total. The van der Waals surface area contributed by atoms with Crippen LogP contribution in [0.3, 0.4) is 0 Å². The summed E-state index contributed by atoms with van der Waals surface area (Å²) in [6, 6.07) is 6.17. The van der Waals surface area contributed by atoms with Gasteiger partial charge in [-0.1, -0.05) is 23.7 Å². The van der Waals surface area contributed by atoms with Crippen molar-refractivity contribution in [2.75, 3.05) is 0 Å². The molecule has 5 heteroatoms. The Balaban J connectivity index is 2.80. The molecular formula is C16H18ClNO3. The zero-order valence-corrected chi connectivity index (χ0v) is 13.0. The number of Topliss-reactive ketones (excluding diaryl/α,β-unsaturated/α-hetero) is 1. The number of carbonyl (C=O) groups excluding carboxylic acids is 2. The van der Waals surface area contributed by atoms with E-state index in [1.807, 2.05) is 5.92 Å². The highest BCUT2D eigenvalue weighted by atomic mass is 35.5. The molecule has 1 aromatic rings. The highest BCUT2D eigenvalue weighted by molar-refractivity contribution is 6.30. The molecule has 0 heterocycles. The zero-order valence-electron chi connectivity index (χ0n) is 12.3. The Kier molecular flexibility index (Phi) is 5.80. The second-order valence-corrected chi connectivity index (χ2v) is 5.98. The van der Waals surface area contributed by atoms with Crippen LogP contribution in [0.15, 0.2) is 24.3 Å². The first-order chi connectivity index (χ1) is 9.71. The van der Waals surface area contributed by atoms with Gasteiger partial charge in [-0.25, -0.2) is 4.79 Å². The maximum absolute atomic E-state index is 11.8. The van der Waals surface area contributed by atoms with Crippen LogP contribution in [0.1, 0.15) is 26.3 Å². The van der Waals surface area contributed by atoms with Crippen LogP contribution in [-0.2, 0) is 16.0 Å². The number of hydrogen-bond donors (Lipinski definition) is 1. The monoisotopic (exact) mass is 307 g/mol. The van der Waals surface area contributed by atoms with Gasteiger partial charge < -0.3 is 10.1 Å². The van der Waals surface area contributed by atoms with Crippen molar-refractivity contribution in [2.24, 2.45) is 0 Å². The van der Waals surface area contributed by atoms with Gasteiger partial charge in [-0.2, -0.15) is 0 Å². The molecule has 1 unspecified atom stereocenters. The highest BCUT2D eigenvalue weighted by Gasteiger charge is 2.23. The number of nitrogens with one attached hydrogen (secondary N) is 1. The summed E-state index contributed by atoms with van der Waals surface area (Å²) in [7, 11) is 0. The van der Waals surface area contributed by atoms with Crippen LogP contribution in [0.25, 0.3) is 0 Å². The van der Waals surface area contributed by atoms with Crippen molar-refractivity contribution < 1.29 is 14.3 Å². The van der Waals surface area contributed by atoms with Crippen molar-refractivity contribution >= 4 is 23.5 Å². The number of ether oxygens (including phenoxy) is 1. The second-order valence-electron chi connectivity index (χ2n) is 5.54. The molecule has 0 spiro atoms. The third kappa shape index (κ3) is 6.33. The van der Waals surface area contributed by atoms with E-state index in [9.17, 15) is 9.59 Å². The van der Waals surface area contributed by atoms with E-state index < -0.39 is 23.5 Å². The van der Waals surface area contributed by atoms with Crippen LogP contribution < -0.4 is 5.32 Å². The summed E-state index contributed by atoms with van der Waals surface area (Å²) in [5.41, 5.74) is 0.149. The average Bonchev–Trinajstić information content (AvgIpc) is 2.34. The van der Waals surface area contributed by atoms with Crippen LogP contribution in [0.4, 0.5) is 4.79 Å². The first kappa shape index (κ1) is 17.1. The third-order valence-corrected chi connectivity index (χ3v) is 2.71. The normalized spacial score (nSPS) is 12.1. The number of amides is 1. The minimum Gasteiger partial charge on any atom is -0.444 e. The molecule has 0 fully saturated rings. The summed E-state index contributed by atoms with van der Waals surface area (Å²) in [5, 5.41) is 3.05. The Hall–Kier alpha value is -1.99. The molecule has 1 rings (SSSR count). The maximum atomic E-state index is 11.8. The van der Waals surface area contributed by atoms with Gasteiger partial charge in [0.2, 0.25) is 5.78 Å². The van der Waals surface area contributed by atoms with E-state index in [2.05, 4.69) is 5.32 Å². The highest BCUT2D eigenvalue weighted by Crippen LogP contribution is 2.13. The first-order valence-corrected chi connectivity index (χ1v) is 6.83. The van der Waals surface area contributed by atoms with Crippen LogP contribution in [0.2, 0.25) is 5.02 Å². The molecule has 1 N–H and O–H groups in total. The van der Waals surface area contributed by atoms with E-state index in [4.69, 9.17) is 22.8 Å². The summed E-state index contributed by atoms with van der Waals surface area (Å²) in [6.45, 7) is 5.21. The molecule has 0 aliphatic heterocycles. The topological polar surface area (TPSA) is 55.4 Å². The molecule has 1 aromatic carbocycles. The molecular weight excluding hydrogens is 290 g/mol. The molecule has 1 atom stereocenters. The lowest BCUT2D eigenvalue weighted by Crippen LogP contribution is -2.44. The number of benzene rings is 1. The molecule has 0 saturated heterocycles. The molecule has 0 aromatic heterocycles. The van der Waals surface area contributed by atoms with E-state index in [0.717, 1.165) is 5.56 Å². The summed E-state index contributed by atoms with van der Waals surface area (Å²) in [5.74, 6) is 1.51. The van der Waals surface area contributed by atoms with Crippen LogP contribution in [-0.4, -0.2) is 23.5 Å². The fourth-order valence-electron chi connectivity index (χ4n) is 1.66. The number of halogens is 1. The Morgan fingerprint density at radius 1 is 1.43 bits per heavy atom. The van der Waals surface area contributed by atoms with Crippen molar-refractivity contribution in [3.05, 3.63) is 34.9 Å². The Morgan fingerprint density at radius 2 is 2.10 bits per heavy atom. The standard InChI is InChI=1S/C16H18ClNO3/c1-5-14(19)13(18-15(20)21-16(2,3)4)10-11-7-6-8-12(17)9-11/h1,6-9,13H,10H2,2-4H3,(H,18,20). The fourth-order valence-corrected chi connectivity index (χ4v) is 1.87. The van der Waals surface area contributed by atoms with E-state index >= 15 is 0 Å². The van der Waals surface area contributed by atoms with Crippen molar-refractivity contribution in [2.45, 2.75) is 38.8 Å². The molecule has 0 bridgehead atoms. The summed E-state index contributed by atoms with van der Waals surface area (Å²) < 4.78 is 5.13. The summed E-state index contributed by atoms with van der Waals surface area (Å²) in [4.78, 5) is 23.5. The SMILES string of the molecule is C#CC(=O)C(Cc1cccc(Cl)c1)NC(=O)OC(C)(C)C.